The van der Waals surface area contributed by atoms with Crippen LogP contribution in [0.4, 0.5) is 0 Å². The summed E-state index contributed by atoms with van der Waals surface area (Å²) in [6.45, 7) is 0.166. The van der Waals surface area contributed by atoms with Crippen molar-refractivity contribution in [3.8, 4) is 11.5 Å². The van der Waals surface area contributed by atoms with Crippen LogP contribution in [0.25, 0.3) is 0 Å². The zero-order valence-electron chi connectivity index (χ0n) is 9.87. The molecule has 1 amide bonds. The fourth-order valence-electron chi connectivity index (χ4n) is 1.92. The number of hydrogen-bond donors (Lipinski definition) is 4. The fourth-order valence-corrected chi connectivity index (χ4v) is 1.92. The first kappa shape index (κ1) is 13.2. The lowest BCUT2D eigenvalue weighted by Gasteiger charge is -2.15. The topological polar surface area (TPSA) is 116 Å². The first-order chi connectivity index (χ1) is 8.97. The molecule has 1 fully saturated rings. The second-order valence-corrected chi connectivity index (χ2v) is 4.30. The van der Waals surface area contributed by atoms with E-state index in [2.05, 4.69) is 5.32 Å². The summed E-state index contributed by atoms with van der Waals surface area (Å²) in [6, 6.07) is 2.83. The van der Waals surface area contributed by atoms with Gasteiger partial charge < -0.3 is 25.4 Å². The van der Waals surface area contributed by atoms with E-state index in [9.17, 15) is 19.8 Å². The van der Waals surface area contributed by atoms with E-state index in [-0.39, 0.29) is 30.3 Å². The van der Waals surface area contributed by atoms with Crippen molar-refractivity contribution >= 4 is 11.9 Å². The second kappa shape index (κ2) is 5.15. The molecule has 7 heteroatoms. The summed E-state index contributed by atoms with van der Waals surface area (Å²) in [6.07, 6.45) is 0. The van der Waals surface area contributed by atoms with E-state index >= 15 is 0 Å². The van der Waals surface area contributed by atoms with E-state index in [1.165, 1.54) is 12.1 Å². The van der Waals surface area contributed by atoms with E-state index in [1.54, 1.807) is 0 Å². The van der Waals surface area contributed by atoms with Gasteiger partial charge in [0.25, 0.3) is 5.91 Å². The van der Waals surface area contributed by atoms with Crippen LogP contribution in [-0.2, 0) is 9.53 Å². The molecule has 0 radical (unpaired) electrons. The molecule has 2 atom stereocenters. The first-order valence-electron chi connectivity index (χ1n) is 5.62. The van der Waals surface area contributed by atoms with Crippen LogP contribution < -0.4 is 5.32 Å². The summed E-state index contributed by atoms with van der Waals surface area (Å²) in [4.78, 5) is 22.8. The summed E-state index contributed by atoms with van der Waals surface area (Å²) in [7, 11) is 0. The highest BCUT2D eigenvalue weighted by atomic mass is 16.5. The van der Waals surface area contributed by atoms with Crippen LogP contribution in [0, 0.1) is 5.92 Å². The number of carbonyl (C=O) groups excluding carboxylic acids is 1. The molecule has 0 aliphatic carbocycles. The highest BCUT2D eigenvalue weighted by Crippen LogP contribution is 2.21. The number of nitrogens with one attached hydrogen (secondary N) is 1. The molecule has 1 aliphatic heterocycles. The third-order valence-electron chi connectivity index (χ3n) is 2.88. The Balaban J connectivity index is 2.10. The summed E-state index contributed by atoms with van der Waals surface area (Å²) in [5.74, 6) is -2.91. The smallest absolute Gasteiger partial charge is 0.311 e. The van der Waals surface area contributed by atoms with E-state index in [0.717, 1.165) is 6.07 Å². The molecule has 4 N–H and O–H groups in total. The number of benzene rings is 1. The number of hydrogen-bond acceptors (Lipinski definition) is 5. The molecule has 0 saturated carbocycles. The van der Waals surface area contributed by atoms with Gasteiger partial charge in [-0.25, -0.2) is 0 Å². The minimum absolute atomic E-state index is 0.0472. The third kappa shape index (κ3) is 2.94. The number of phenols is 2. The Bertz CT molecular complexity index is 495. The molecule has 2 unspecified atom stereocenters. The fraction of sp³-hybridized carbons (Fsp3) is 0.333. The summed E-state index contributed by atoms with van der Waals surface area (Å²) in [5, 5.41) is 30.0. The van der Waals surface area contributed by atoms with Crippen LogP contribution >= 0.6 is 0 Å². The number of carboxylic acids is 1. The standard InChI is InChI=1S/C12H13NO6/c14-7-1-6(2-8(15)3-7)11(16)13-10-5-19-4-9(10)12(17)18/h1-3,9-10,14-15H,4-5H2,(H,13,16)(H,17,18). The lowest BCUT2D eigenvalue weighted by Crippen LogP contribution is -2.42. The third-order valence-corrected chi connectivity index (χ3v) is 2.88. The number of amides is 1. The van der Waals surface area contributed by atoms with Crippen molar-refractivity contribution in [2.75, 3.05) is 13.2 Å². The molecule has 102 valence electrons. The molecule has 1 aromatic carbocycles. The number of carboxylic acid groups (broad SMARTS) is 1. The van der Waals surface area contributed by atoms with Gasteiger partial charge in [0.15, 0.2) is 0 Å². The van der Waals surface area contributed by atoms with Crippen LogP contribution in [0.15, 0.2) is 18.2 Å². The quantitative estimate of drug-likeness (QED) is 0.609. The molecular weight excluding hydrogens is 254 g/mol. The van der Waals surface area contributed by atoms with Gasteiger partial charge in [-0.15, -0.1) is 0 Å². The van der Waals surface area contributed by atoms with Gasteiger partial charge in [-0.2, -0.15) is 0 Å². The van der Waals surface area contributed by atoms with Gasteiger partial charge in [0.1, 0.15) is 17.4 Å². The highest BCUT2D eigenvalue weighted by molar-refractivity contribution is 5.95. The van der Waals surface area contributed by atoms with Gasteiger partial charge in [-0.05, 0) is 12.1 Å². The number of aromatic hydroxyl groups is 2. The van der Waals surface area contributed by atoms with Gasteiger partial charge in [-0.1, -0.05) is 0 Å². The van der Waals surface area contributed by atoms with Crippen molar-refractivity contribution in [1.29, 1.82) is 0 Å². The van der Waals surface area contributed by atoms with Crippen molar-refractivity contribution in [2.24, 2.45) is 5.92 Å². The summed E-state index contributed by atoms with van der Waals surface area (Å²) < 4.78 is 5.02. The van der Waals surface area contributed by atoms with Crippen molar-refractivity contribution in [1.82, 2.24) is 5.32 Å². The molecule has 7 nitrogen and oxygen atoms in total. The SMILES string of the molecule is O=C(NC1COCC1C(=O)O)c1cc(O)cc(O)c1. The van der Waals surface area contributed by atoms with Gasteiger partial charge in [-0.3, -0.25) is 9.59 Å². The van der Waals surface area contributed by atoms with Gasteiger partial charge in [0, 0.05) is 11.6 Å². The second-order valence-electron chi connectivity index (χ2n) is 4.30. The molecule has 0 spiro atoms. The lowest BCUT2D eigenvalue weighted by atomic mass is 10.0. The molecule has 0 aromatic heterocycles. The predicted molar refractivity (Wildman–Crippen MR) is 63.0 cm³/mol. The average Bonchev–Trinajstić information content (AvgIpc) is 2.75. The molecular formula is C12H13NO6. The monoisotopic (exact) mass is 267 g/mol. The van der Waals surface area contributed by atoms with Gasteiger partial charge >= 0.3 is 5.97 Å². The normalized spacial score (nSPS) is 22.1. The van der Waals surface area contributed by atoms with Crippen molar-refractivity contribution in [3.05, 3.63) is 23.8 Å². The number of aliphatic carboxylic acids is 1. The molecule has 1 saturated heterocycles. The summed E-state index contributed by atoms with van der Waals surface area (Å²) >= 11 is 0. The van der Waals surface area contributed by atoms with Crippen molar-refractivity contribution in [2.45, 2.75) is 6.04 Å². The highest BCUT2D eigenvalue weighted by Gasteiger charge is 2.35. The minimum atomic E-state index is -1.04. The Labute approximate surface area is 108 Å². The summed E-state index contributed by atoms with van der Waals surface area (Å²) in [5.41, 5.74) is 0.0496. The zero-order chi connectivity index (χ0) is 14.0. The van der Waals surface area contributed by atoms with Crippen LogP contribution in [-0.4, -0.2) is 46.5 Å². The van der Waals surface area contributed by atoms with Gasteiger partial charge in [0.2, 0.25) is 0 Å². The molecule has 1 aliphatic rings. The van der Waals surface area contributed by atoms with Crippen LogP contribution in [0.2, 0.25) is 0 Å². The van der Waals surface area contributed by atoms with E-state index < -0.39 is 23.8 Å². The largest absolute Gasteiger partial charge is 0.508 e. The van der Waals surface area contributed by atoms with E-state index in [0.29, 0.717) is 0 Å². The van der Waals surface area contributed by atoms with Crippen molar-refractivity contribution < 1.29 is 29.6 Å². The zero-order valence-corrected chi connectivity index (χ0v) is 9.87. The number of ether oxygens (including phenoxy) is 1. The molecule has 1 aromatic rings. The maximum Gasteiger partial charge on any atom is 0.311 e. The molecule has 1 heterocycles. The van der Waals surface area contributed by atoms with Gasteiger partial charge in [0.05, 0.1) is 19.3 Å². The Hall–Kier alpha value is -2.28. The predicted octanol–water partition coefficient (Wildman–Crippen LogP) is -0.0728. The van der Waals surface area contributed by atoms with Crippen LogP contribution in [0.5, 0.6) is 11.5 Å². The Morgan fingerprint density at radius 3 is 2.37 bits per heavy atom. The number of phenolic OH excluding ortho intramolecular Hbond substituents is 2. The first-order valence-corrected chi connectivity index (χ1v) is 5.62. The van der Waals surface area contributed by atoms with Crippen LogP contribution in [0.3, 0.4) is 0 Å². The number of rotatable bonds is 3. The number of carbonyl (C=O) groups is 2. The molecule has 0 bridgehead atoms. The maximum absolute atomic E-state index is 11.9. The van der Waals surface area contributed by atoms with E-state index in [4.69, 9.17) is 9.84 Å². The molecule has 2 rings (SSSR count). The maximum atomic E-state index is 11.9. The average molecular weight is 267 g/mol. The Morgan fingerprint density at radius 1 is 1.16 bits per heavy atom. The van der Waals surface area contributed by atoms with Crippen LogP contribution in [0.1, 0.15) is 10.4 Å². The van der Waals surface area contributed by atoms with E-state index in [1.807, 2.05) is 0 Å². The molecule has 19 heavy (non-hydrogen) atoms. The minimum Gasteiger partial charge on any atom is -0.508 e. The Morgan fingerprint density at radius 2 is 1.79 bits per heavy atom. The lowest BCUT2D eigenvalue weighted by molar-refractivity contribution is -0.142. The van der Waals surface area contributed by atoms with Crippen molar-refractivity contribution in [3.63, 3.8) is 0 Å². The Kier molecular flexibility index (Phi) is 3.57.